The van der Waals surface area contributed by atoms with Crippen molar-refractivity contribution in [3.63, 3.8) is 0 Å². The number of carbonyl (C=O) groups is 4. The molecule has 11 nitrogen and oxygen atoms in total. The predicted octanol–water partition coefficient (Wildman–Crippen LogP) is 2.01. The zero-order chi connectivity index (χ0) is 27.5. The molecule has 11 heteroatoms. The van der Waals surface area contributed by atoms with Gasteiger partial charge in [0.25, 0.3) is 0 Å². The number of nitrogens with two attached hydrogens (primary N) is 1. The molecular weight excluding hydrogens is 464 g/mol. The monoisotopic (exact) mass is 505 g/mol. The number of carbonyl (C=O) groups excluding carboxylic acids is 4. The van der Waals surface area contributed by atoms with Gasteiger partial charge in [0.1, 0.15) is 17.7 Å². The van der Waals surface area contributed by atoms with Crippen LogP contribution in [0.5, 0.6) is 0 Å². The molecule has 5 amide bonds. The van der Waals surface area contributed by atoms with Crippen LogP contribution >= 0.6 is 0 Å². The summed E-state index contributed by atoms with van der Waals surface area (Å²) in [6.07, 6.45) is -0.115. The Morgan fingerprint density at radius 2 is 1.75 bits per heavy atom. The SMILES string of the molecule is [CH2]c1ccc(NC(=O)[C@H](CCCNC(N)=O)NC(=O)[C@@H](NC(=O)OC(C)(C)C)C(C)C)cc1CNC. The average molecular weight is 506 g/mol. The maximum absolute atomic E-state index is 13.2. The molecule has 0 aliphatic carbocycles. The first kappa shape index (κ1) is 30.7. The van der Waals surface area contributed by atoms with Crippen LogP contribution in [0.15, 0.2) is 18.2 Å². The summed E-state index contributed by atoms with van der Waals surface area (Å²) < 4.78 is 5.27. The van der Waals surface area contributed by atoms with Crippen LogP contribution in [-0.2, 0) is 20.9 Å². The van der Waals surface area contributed by atoms with E-state index < -0.39 is 41.6 Å². The number of hydrogen-bond donors (Lipinski definition) is 6. The molecule has 0 aliphatic heterocycles. The topological polar surface area (TPSA) is 164 Å². The van der Waals surface area contributed by atoms with E-state index in [9.17, 15) is 19.2 Å². The van der Waals surface area contributed by atoms with E-state index in [0.717, 1.165) is 11.1 Å². The molecule has 0 aliphatic rings. The lowest BCUT2D eigenvalue weighted by Crippen LogP contribution is -2.55. The highest BCUT2D eigenvalue weighted by molar-refractivity contribution is 5.98. The van der Waals surface area contributed by atoms with Crippen molar-refractivity contribution in [2.24, 2.45) is 11.7 Å². The van der Waals surface area contributed by atoms with E-state index >= 15 is 0 Å². The number of nitrogens with one attached hydrogen (secondary N) is 5. The fourth-order valence-electron chi connectivity index (χ4n) is 3.31. The summed E-state index contributed by atoms with van der Waals surface area (Å²) in [6, 6.07) is 2.81. The van der Waals surface area contributed by atoms with Crippen molar-refractivity contribution in [2.75, 3.05) is 18.9 Å². The van der Waals surface area contributed by atoms with Gasteiger partial charge in [-0.15, -0.1) is 0 Å². The molecule has 2 atom stereocenters. The van der Waals surface area contributed by atoms with E-state index in [2.05, 4.69) is 33.5 Å². The van der Waals surface area contributed by atoms with Gasteiger partial charge in [0, 0.05) is 18.8 Å². The molecule has 1 aromatic rings. The van der Waals surface area contributed by atoms with E-state index in [-0.39, 0.29) is 18.9 Å². The highest BCUT2D eigenvalue weighted by Crippen LogP contribution is 2.16. The number of rotatable bonds is 12. The van der Waals surface area contributed by atoms with Crippen LogP contribution in [0.2, 0.25) is 0 Å². The number of urea groups is 1. The molecule has 201 valence electrons. The molecule has 1 radical (unpaired) electrons. The van der Waals surface area contributed by atoms with Gasteiger partial charge in [-0.3, -0.25) is 9.59 Å². The quantitative estimate of drug-likeness (QED) is 0.238. The minimum absolute atomic E-state index is 0.228. The van der Waals surface area contributed by atoms with Crippen molar-refractivity contribution in [2.45, 2.75) is 71.7 Å². The lowest BCUT2D eigenvalue weighted by Gasteiger charge is -2.27. The summed E-state index contributed by atoms with van der Waals surface area (Å²) in [4.78, 5) is 49.5. The smallest absolute Gasteiger partial charge is 0.408 e. The maximum Gasteiger partial charge on any atom is 0.408 e. The van der Waals surface area contributed by atoms with Gasteiger partial charge >= 0.3 is 12.1 Å². The third-order valence-electron chi connectivity index (χ3n) is 5.06. The fraction of sp³-hybridized carbons (Fsp3) is 0.560. The standard InChI is InChI=1S/C25H41N6O5/c1-15(2)20(31-24(35)36-25(4,5)6)22(33)30-19(9-8-12-28-23(26)34)21(32)29-18-11-10-16(3)17(13-18)14-27-7/h10-11,13,15,19-20,27H,3,8-9,12,14H2,1-2,4-7H3,(H,29,32)(H,30,33)(H,31,35)(H3,26,28,34)/t19-,20-/m0/s1. The second-order valence-electron chi connectivity index (χ2n) is 9.87. The Balaban J connectivity index is 3.01. The van der Waals surface area contributed by atoms with Crippen molar-refractivity contribution < 1.29 is 23.9 Å². The molecule has 0 fully saturated rings. The summed E-state index contributed by atoms with van der Waals surface area (Å²) >= 11 is 0. The van der Waals surface area contributed by atoms with Gasteiger partial charge in [0.15, 0.2) is 0 Å². The van der Waals surface area contributed by atoms with Gasteiger partial charge in [-0.25, -0.2) is 9.59 Å². The summed E-state index contributed by atoms with van der Waals surface area (Å²) in [5, 5.41) is 13.7. The third kappa shape index (κ3) is 11.4. The highest BCUT2D eigenvalue weighted by Gasteiger charge is 2.30. The first-order valence-electron chi connectivity index (χ1n) is 12.0. The van der Waals surface area contributed by atoms with E-state index in [1.807, 2.05) is 13.1 Å². The van der Waals surface area contributed by atoms with Gasteiger partial charge in [0.05, 0.1) is 0 Å². The molecule has 1 aromatic carbocycles. The molecule has 0 bridgehead atoms. The molecule has 7 N–H and O–H groups in total. The summed E-state index contributed by atoms with van der Waals surface area (Å²) in [6.45, 7) is 13.5. The molecule has 0 saturated carbocycles. The Bertz CT molecular complexity index is 913. The highest BCUT2D eigenvalue weighted by atomic mass is 16.6. The number of anilines is 1. The zero-order valence-corrected chi connectivity index (χ0v) is 22.1. The first-order valence-corrected chi connectivity index (χ1v) is 12.0. The summed E-state index contributed by atoms with van der Waals surface area (Å²) in [5.74, 6) is -1.23. The molecular formula is C25H41N6O5. The van der Waals surface area contributed by atoms with Crippen LogP contribution in [-0.4, -0.2) is 55.2 Å². The number of ether oxygens (including phenoxy) is 1. The molecule has 0 unspecified atom stereocenters. The second kappa shape index (κ2) is 14.3. The Morgan fingerprint density at radius 1 is 1.08 bits per heavy atom. The molecule has 1 rings (SSSR count). The van der Waals surface area contributed by atoms with E-state index in [1.54, 1.807) is 46.8 Å². The number of benzene rings is 1. The number of alkyl carbamates (subject to hydrolysis) is 1. The van der Waals surface area contributed by atoms with Crippen molar-refractivity contribution in [3.8, 4) is 0 Å². The van der Waals surface area contributed by atoms with Gasteiger partial charge in [-0.05, 0) is 76.8 Å². The summed E-state index contributed by atoms with van der Waals surface area (Å²) in [5.41, 5.74) is 6.68. The number of hydrogen-bond acceptors (Lipinski definition) is 6. The predicted molar refractivity (Wildman–Crippen MR) is 139 cm³/mol. The van der Waals surface area contributed by atoms with Crippen LogP contribution < -0.4 is 32.3 Å². The molecule has 36 heavy (non-hydrogen) atoms. The van der Waals surface area contributed by atoms with Crippen molar-refractivity contribution in [1.29, 1.82) is 0 Å². The first-order chi connectivity index (χ1) is 16.7. The summed E-state index contributed by atoms with van der Waals surface area (Å²) in [7, 11) is 1.81. The fourth-order valence-corrected chi connectivity index (χ4v) is 3.31. The Kier molecular flexibility index (Phi) is 12.2. The average Bonchev–Trinajstić information content (AvgIpc) is 2.74. The number of primary amides is 1. The second-order valence-corrected chi connectivity index (χ2v) is 9.87. The van der Waals surface area contributed by atoms with Crippen LogP contribution in [0, 0.1) is 12.8 Å². The molecule has 0 aromatic heterocycles. The van der Waals surface area contributed by atoms with Crippen molar-refractivity contribution >= 4 is 29.6 Å². The Morgan fingerprint density at radius 3 is 2.31 bits per heavy atom. The number of amides is 5. The van der Waals surface area contributed by atoms with Crippen molar-refractivity contribution in [1.82, 2.24) is 21.3 Å². The van der Waals surface area contributed by atoms with Gasteiger partial charge in [0.2, 0.25) is 11.8 Å². The van der Waals surface area contributed by atoms with Gasteiger partial charge in [-0.1, -0.05) is 19.9 Å². The van der Waals surface area contributed by atoms with E-state index in [4.69, 9.17) is 10.5 Å². The molecule has 0 heterocycles. The van der Waals surface area contributed by atoms with Crippen LogP contribution in [0.4, 0.5) is 15.3 Å². The van der Waals surface area contributed by atoms with Crippen LogP contribution in [0.25, 0.3) is 0 Å². The van der Waals surface area contributed by atoms with Gasteiger partial charge < -0.3 is 37.1 Å². The van der Waals surface area contributed by atoms with Crippen molar-refractivity contribution in [3.05, 3.63) is 36.2 Å². The Labute approximate surface area is 213 Å². The maximum atomic E-state index is 13.2. The lowest BCUT2D eigenvalue weighted by molar-refractivity contribution is -0.128. The van der Waals surface area contributed by atoms with E-state index in [0.29, 0.717) is 18.7 Å². The minimum atomic E-state index is -0.930. The third-order valence-corrected chi connectivity index (χ3v) is 5.06. The van der Waals surface area contributed by atoms with Crippen LogP contribution in [0.1, 0.15) is 58.6 Å². The largest absolute Gasteiger partial charge is 0.444 e. The molecule has 0 spiro atoms. The minimum Gasteiger partial charge on any atom is -0.444 e. The van der Waals surface area contributed by atoms with E-state index in [1.165, 1.54) is 0 Å². The zero-order valence-electron chi connectivity index (χ0n) is 22.1. The van der Waals surface area contributed by atoms with Crippen LogP contribution in [0.3, 0.4) is 0 Å². The normalized spacial score (nSPS) is 12.9. The Hall–Kier alpha value is -3.34. The van der Waals surface area contributed by atoms with Gasteiger partial charge in [-0.2, -0.15) is 0 Å². The molecule has 0 saturated heterocycles. The lowest BCUT2D eigenvalue weighted by atomic mass is 10.0.